The summed E-state index contributed by atoms with van der Waals surface area (Å²) in [6.45, 7) is 4.10. The van der Waals surface area contributed by atoms with Crippen LogP contribution in [0.5, 0.6) is 5.75 Å². The smallest absolute Gasteiger partial charge is 0.348 e. The fourth-order valence-corrected chi connectivity index (χ4v) is 5.51. The number of nitrogens with one attached hydrogen (secondary N) is 1. The number of rotatable bonds is 9. The molecule has 3 aromatic rings. The summed E-state index contributed by atoms with van der Waals surface area (Å²) in [6, 6.07) is 13.0. The molecule has 3 rings (SSSR count). The minimum Gasteiger partial charge on any atom is -0.484 e. The molecule has 8 nitrogen and oxygen atoms in total. The zero-order valence-corrected chi connectivity index (χ0v) is 19.6. The third kappa shape index (κ3) is 5.26. The summed E-state index contributed by atoms with van der Waals surface area (Å²) in [5.74, 6) is -0.386. The molecule has 0 aliphatic carbocycles. The SMILES string of the molecule is CCN(CC)S(=O)(=O)c1ccc(OCC(=O)Nc2ccc3sc(C(=O)OC)cc3c2)cc1. The van der Waals surface area contributed by atoms with Crippen molar-refractivity contribution in [3.05, 3.63) is 53.4 Å². The number of thiophene rings is 1. The Kier molecular flexibility index (Phi) is 7.49. The average molecular weight is 477 g/mol. The van der Waals surface area contributed by atoms with E-state index in [1.54, 1.807) is 32.0 Å². The van der Waals surface area contributed by atoms with Gasteiger partial charge in [-0.05, 0) is 53.9 Å². The number of hydrogen-bond acceptors (Lipinski definition) is 7. The molecule has 0 aliphatic heterocycles. The Morgan fingerprint density at radius 2 is 1.72 bits per heavy atom. The fourth-order valence-electron chi connectivity index (χ4n) is 3.09. The van der Waals surface area contributed by atoms with E-state index in [0.717, 1.165) is 10.1 Å². The predicted molar refractivity (Wildman–Crippen MR) is 124 cm³/mol. The Balaban J connectivity index is 1.60. The lowest BCUT2D eigenvalue weighted by Crippen LogP contribution is -2.30. The van der Waals surface area contributed by atoms with Crippen molar-refractivity contribution in [3.63, 3.8) is 0 Å². The van der Waals surface area contributed by atoms with Crippen LogP contribution in [-0.4, -0.2) is 51.4 Å². The number of carbonyl (C=O) groups excluding carboxylic acids is 2. The normalized spacial score (nSPS) is 11.5. The van der Waals surface area contributed by atoms with Crippen LogP contribution in [0.2, 0.25) is 0 Å². The Hall–Kier alpha value is -2.95. The topological polar surface area (TPSA) is 102 Å². The van der Waals surface area contributed by atoms with Gasteiger partial charge in [0.2, 0.25) is 10.0 Å². The molecule has 10 heteroatoms. The molecule has 32 heavy (non-hydrogen) atoms. The van der Waals surface area contributed by atoms with Gasteiger partial charge in [-0.15, -0.1) is 11.3 Å². The molecule has 1 heterocycles. The summed E-state index contributed by atoms with van der Waals surface area (Å²) in [4.78, 5) is 24.6. The van der Waals surface area contributed by atoms with Crippen molar-refractivity contribution >= 4 is 49.0 Å². The van der Waals surface area contributed by atoms with Gasteiger partial charge in [0, 0.05) is 23.5 Å². The number of methoxy groups -OCH3 is 1. The van der Waals surface area contributed by atoms with Crippen LogP contribution in [0.25, 0.3) is 10.1 Å². The first-order valence-electron chi connectivity index (χ1n) is 9.93. The van der Waals surface area contributed by atoms with Crippen LogP contribution in [0, 0.1) is 0 Å². The van der Waals surface area contributed by atoms with Gasteiger partial charge in [0.15, 0.2) is 6.61 Å². The third-order valence-corrected chi connectivity index (χ3v) is 7.88. The van der Waals surface area contributed by atoms with Crippen molar-refractivity contribution in [1.29, 1.82) is 0 Å². The first-order chi connectivity index (χ1) is 15.3. The van der Waals surface area contributed by atoms with Crippen LogP contribution in [-0.2, 0) is 19.6 Å². The van der Waals surface area contributed by atoms with Crippen molar-refractivity contribution < 1.29 is 27.5 Å². The highest BCUT2D eigenvalue weighted by atomic mass is 32.2. The molecule has 0 fully saturated rings. The molecule has 0 bridgehead atoms. The molecule has 1 aromatic heterocycles. The van der Waals surface area contributed by atoms with Crippen LogP contribution < -0.4 is 10.1 Å². The maximum atomic E-state index is 12.5. The van der Waals surface area contributed by atoms with Gasteiger partial charge in [-0.25, -0.2) is 13.2 Å². The molecule has 0 atom stereocenters. The highest BCUT2D eigenvalue weighted by molar-refractivity contribution is 7.89. The molecule has 0 radical (unpaired) electrons. The third-order valence-electron chi connectivity index (χ3n) is 4.72. The number of amides is 1. The summed E-state index contributed by atoms with van der Waals surface area (Å²) in [5.41, 5.74) is 0.570. The number of fused-ring (bicyclic) bond motifs is 1. The predicted octanol–water partition coefficient (Wildman–Crippen LogP) is 3.74. The van der Waals surface area contributed by atoms with Crippen LogP contribution in [0.15, 0.2) is 53.4 Å². The van der Waals surface area contributed by atoms with Gasteiger partial charge >= 0.3 is 5.97 Å². The number of nitrogens with zero attached hydrogens (tertiary/aromatic N) is 1. The largest absolute Gasteiger partial charge is 0.484 e. The maximum Gasteiger partial charge on any atom is 0.348 e. The zero-order chi connectivity index (χ0) is 23.3. The van der Waals surface area contributed by atoms with Crippen molar-refractivity contribution in [2.24, 2.45) is 0 Å². The van der Waals surface area contributed by atoms with Gasteiger partial charge in [0.1, 0.15) is 10.6 Å². The van der Waals surface area contributed by atoms with Crippen LogP contribution >= 0.6 is 11.3 Å². The minimum absolute atomic E-state index is 0.174. The first-order valence-corrected chi connectivity index (χ1v) is 12.2. The number of benzene rings is 2. The fraction of sp³-hybridized carbons (Fsp3) is 0.273. The van der Waals surface area contributed by atoms with E-state index in [1.807, 2.05) is 6.07 Å². The average Bonchev–Trinajstić information content (AvgIpc) is 3.21. The number of hydrogen-bond donors (Lipinski definition) is 1. The lowest BCUT2D eigenvalue weighted by atomic mass is 10.2. The van der Waals surface area contributed by atoms with E-state index in [-0.39, 0.29) is 17.4 Å². The van der Waals surface area contributed by atoms with E-state index < -0.39 is 16.0 Å². The van der Waals surface area contributed by atoms with E-state index >= 15 is 0 Å². The first kappa shape index (κ1) is 23.7. The van der Waals surface area contributed by atoms with Gasteiger partial charge in [0.05, 0.1) is 12.0 Å². The maximum absolute atomic E-state index is 12.5. The number of ether oxygens (including phenoxy) is 2. The Labute approximate surface area is 190 Å². The van der Waals surface area contributed by atoms with Crippen molar-refractivity contribution in [1.82, 2.24) is 4.31 Å². The molecular formula is C22H24N2O6S2. The molecule has 0 saturated heterocycles. The van der Waals surface area contributed by atoms with E-state index in [4.69, 9.17) is 9.47 Å². The lowest BCUT2D eigenvalue weighted by molar-refractivity contribution is -0.118. The van der Waals surface area contributed by atoms with Gasteiger partial charge in [-0.3, -0.25) is 4.79 Å². The molecule has 0 unspecified atom stereocenters. The van der Waals surface area contributed by atoms with Crippen LogP contribution in [0.1, 0.15) is 23.5 Å². The lowest BCUT2D eigenvalue weighted by Gasteiger charge is -2.18. The van der Waals surface area contributed by atoms with E-state index in [0.29, 0.717) is 29.4 Å². The molecule has 0 saturated carbocycles. The highest BCUT2D eigenvalue weighted by Gasteiger charge is 2.21. The number of carbonyl (C=O) groups is 2. The summed E-state index contributed by atoms with van der Waals surface area (Å²) >= 11 is 1.31. The van der Waals surface area contributed by atoms with E-state index in [1.165, 1.54) is 47.0 Å². The van der Waals surface area contributed by atoms with Gasteiger partial charge in [-0.1, -0.05) is 13.8 Å². The minimum atomic E-state index is -3.54. The molecule has 170 valence electrons. The zero-order valence-electron chi connectivity index (χ0n) is 18.0. The summed E-state index contributed by atoms with van der Waals surface area (Å²) in [7, 11) is -2.21. The number of sulfonamides is 1. The van der Waals surface area contributed by atoms with Gasteiger partial charge < -0.3 is 14.8 Å². The molecule has 0 spiro atoms. The summed E-state index contributed by atoms with van der Waals surface area (Å²) in [6.07, 6.45) is 0. The molecular weight excluding hydrogens is 452 g/mol. The molecule has 0 aliphatic rings. The van der Waals surface area contributed by atoms with E-state index in [9.17, 15) is 18.0 Å². The Morgan fingerprint density at radius 1 is 1.03 bits per heavy atom. The summed E-state index contributed by atoms with van der Waals surface area (Å²) in [5, 5.41) is 3.56. The van der Waals surface area contributed by atoms with Crippen LogP contribution in [0.3, 0.4) is 0 Å². The quantitative estimate of drug-likeness (QED) is 0.472. The molecule has 1 N–H and O–H groups in total. The second-order valence-electron chi connectivity index (χ2n) is 6.75. The van der Waals surface area contributed by atoms with Crippen molar-refractivity contribution in [2.75, 3.05) is 32.1 Å². The van der Waals surface area contributed by atoms with Gasteiger partial charge in [-0.2, -0.15) is 4.31 Å². The standard InChI is InChI=1S/C22H24N2O6S2/c1-4-24(5-2)32(27,28)18-9-7-17(8-10-18)30-14-21(25)23-16-6-11-19-15(12-16)13-20(31-19)22(26)29-3/h6-13H,4-5,14H2,1-3H3,(H,23,25). The van der Waals surface area contributed by atoms with E-state index in [2.05, 4.69) is 5.32 Å². The van der Waals surface area contributed by atoms with Crippen molar-refractivity contribution in [2.45, 2.75) is 18.7 Å². The molecule has 1 amide bonds. The molecule has 2 aromatic carbocycles. The van der Waals surface area contributed by atoms with Crippen molar-refractivity contribution in [3.8, 4) is 5.75 Å². The summed E-state index contributed by atoms with van der Waals surface area (Å²) < 4.78 is 37.5. The van der Waals surface area contributed by atoms with Gasteiger partial charge in [0.25, 0.3) is 5.91 Å². The van der Waals surface area contributed by atoms with Crippen LogP contribution in [0.4, 0.5) is 5.69 Å². The Bertz CT molecular complexity index is 1210. The number of esters is 1. The number of anilines is 1. The highest BCUT2D eigenvalue weighted by Crippen LogP contribution is 2.28. The second-order valence-corrected chi connectivity index (χ2v) is 9.77. The second kappa shape index (κ2) is 10.1. The monoisotopic (exact) mass is 476 g/mol. The Morgan fingerprint density at radius 3 is 2.34 bits per heavy atom.